The zero-order valence-electron chi connectivity index (χ0n) is 17.0. The van der Waals surface area contributed by atoms with Crippen LogP contribution < -0.4 is 5.32 Å². The van der Waals surface area contributed by atoms with Crippen LogP contribution >= 0.6 is 0 Å². The Bertz CT molecular complexity index is 1000. The molecule has 1 unspecified atom stereocenters. The number of rotatable bonds is 6. The Labute approximate surface area is 175 Å². The molecule has 30 heavy (non-hydrogen) atoms. The highest BCUT2D eigenvalue weighted by molar-refractivity contribution is 5.79. The van der Waals surface area contributed by atoms with E-state index in [4.69, 9.17) is 4.52 Å². The average Bonchev–Trinajstić information content (AvgIpc) is 3.22. The van der Waals surface area contributed by atoms with Crippen molar-refractivity contribution in [1.82, 2.24) is 20.4 Å². The molecule has 2 heterocycles. The number of benzene rings is 2. The van der Waals surface area contributed by atoms with Crippen LogP contribution in [0.15, 0.2) is 53.1 Å². The first-order valence-electron chi connectivity index (χ1n) is 10.2. The number of nitrogens with zero attached hydrogens (tertiary/aromatic N) is 3. The van der Waals surface area contributed by atoms with Crippen molar-refractivity contribution < 1.29 is 13.7 Å². The molecule has 0 saturated carbocycles. The van der Waals surface area contributed by atoms with Crippen molar-refractivity contribution >= 4 is 5.91 Å². The third-order valence-electron chi connectivity index (χ3n) is 5.47. The zero-order chi connectivity index (χ0) is 20.9. The predicted octanol–water partition coefficient (Wildman–Crippen LogP) is 3.71. The highest BCUT2D eigenvalue weighted by Crippen LogP contribution is 2.22. The van der Waals surface area contributed by atoms with Crippen LogP contribution in [0.1, 0.15) is 29.9 Å². The predicted molar refractivity (Wildman–Crippen MR) is 111 cm³/mol. The van der Waals surface area contributed by atoms with Crippen molar-refractivity contribution in [3.63, 3.8) is 0 Å². The van der Waals surface area contributed by atoms with Crippen molar-refractivity contribution in [1.29, 1.82) is 0 Å². The molecule has 3 aromatic rings. The van der Waals surface area contributed by atoms with Crippen LogP contribution in [0.5, 0.6) is 0 Å². The molecule has 6 nitrogen and oxygen atoms in total. The molecule has 1 N–H and O–H groups in total. The number of aromatic nitrogens is 2. The number of carbonyl (C=O) groups excluding carboxylic acids is 1. The van der Waals surface area contributed by atoms with E-state index in [1.54, 1.807) is 12.1 Å². The summed E-state index contributed by atoms with van der Waals surface area (Å²) >= 11 is 0. The van der Waals surface area contributed by atoms with E-state index in [2.05, 4.69) is 20.4 Å². The summed E-state index contributed by atoms with van der Waals surface area (Å²) in [6.07, 6.45) is 1.79. The normalized spacial score (nSPS) is 17.1. The van der Waals surface area contributed by atoms with Gasteiger partial charge in [-0.1, -0.05) is 41.6 Å². The largest absolute Gasteiger partial charge is 0.352 e. The number of aryl methyl sites for hydroxylation is 1. The van der Waals surface area contributed by atoms with E-state index in [-0.39, 0.29) is 17.6 Å². The van der Waals surface area contributed by atoms with E-state index >= 15 is 0 Å². The van der Waals surface area contributed by atoms with Gasteiger partial charge >= 0.3 is 0 Å². The maximum absolute atomic E-state index is 13.0. The van der Waals surface area contributed by atoms with Crippen LogP contribution in [0.4, 0.5) is 4.39 Å². The van der Waals surface area contributed by atoms with Gasteiger partial charge in [-0.15, -0.1) is 0 Å². The number of amides is 1. The van der Waals surface area contributed by atoms with E-state index in [1.807, 2.05) is 31.2 Å². The molecule has 7 heteroatoms. The number of piperidine rings is 1. The third-order valence-corrected chi connectivity index (χ3v) is 5.47. The number of nitrogens with one attached hydrogen (secondary N) is 1. The summed E-state index contributed by atoms with van der Waals surface area (Å²) in [4.78, 5) is 19.3. The van der Waals surface area contributed by atoms with E-state index in [0.29, 0.717) is 31.3 Å². The minimum atomic E-state index is -0.278. The number of carbonyl (C=O) groups is 1. The first-order valence-corrected chi connectivity index (χ1v) is 10.2. The first kappa shape index (κ1) is 20.2. The summed E-state index contributed by atoms with van der Waals surface area (Å²) in [5.74, 6) is 0.807. The molecule has 156 valence electrons. The number of hydrogen-bond acceptors (Lipinski definition) is 5. The second-order valence-electron chi connectivity index (χ2n) is 7.75. The lowest BCUT2D eigenvalue weighted by atomic mass is 9.97. The zero-order valence-corrected chi connectivity index (χ0v) is 17.0. The Hall–Kier alpha value is -3.06. The lowest BCUT2D eigenvalue weighted by Gasteiger charge is -2.30. The van der Waals surface area contributed by atoms with Crippen LogP contribution in [0.25, 0.3) is 11.4 Å². The standard InChI is InChI=1S/C23H25FN4O2/c1-16-5-2-3-7-20(16)22-26-21(30-27-22)15-28-12-4-6-18(14-28)23(29)25-13-17-8-10-19(24)11-9-17/h2-3,5,7-11,18H,4,6,12-15H2,1H3,(H,25,29). The van der Waals surface area contributed by atoms with Gasteiger partial charge in [0.1, 0.15) is 5.82 Å². The van der Waals surface area contributed by atoms with E-state index in [1.165, 1.54) is 12.1 Å². The van der Waals surface area contributed by atoms with Crippen LogP contribution in [0.2, 0.25) is 0 Å². The maximum atomic E-state index is 13.0. The monoisotopic (exact) mass is 408 g/mol. The quantitative estimate of drug-likeness (QED) is 0.673. The van der Waals surface area contributed by atoms with Crippen molar-refractivity contribution in [3.8, 4) is 11.4 Å². The van der Waals surface area contributed by atoms with Crippen molar-refractivity contribution in [2.24, 2.45) is 5.92 Å². The molecule has 1 atom stereocenters. The maximum Gasteiger partial charge on any atom is 0.241 e. The molecule has 1 amide bonds. The summed E-state index contributed by atoms with van der Waals surface area (Å²) in [6, 6.07) is 14.1. The van der Waals surface area contributed by atoms with Crippen LogP contribution in [-0.2, 0) is 17.9 Å². The minimum absolute atomic E-state index is 0.0233. The topological polar surface area (TPSA) is 71.3 Å². The highest BCUT2D eigenvalue weighted by atomic mass is 19.1. The van der Waals surface area contributed by atoms with Gasteiger partial charge in [0.15, 0.2) is 0 Å². The Morgan fingerprint density at radius 2 is 2.03 bits per heavy atom. The molecular weight excluding hydrogens is 383 g/mol. The average molecular weight is 408 g/mol. The Balaban J connectivity index is 1.32. The molecule has 1 aliphatic rings. The van der Waals surface area contributed by atoms with Gasteiger partial charge in [-0.3, -0.25) is 9.69 Å². The van der Waals surface area contributed by atoms with E-state index < -0.39 is 0 Å². The minimum Gasteiger partial charge on any atom is -0.352 e. The van der Waals surface area contributed by atoms with E-state index in [9.17, 15) is 9.18 Å². The Kier molecular flexibility index (Phi) is 6.18. The smallest absolute Gasteiger partial charge is 0.241 e. The van der Waals surface area contributed by atoms with Crippen LogP contribution in [0, 0.1) is 18.7 Å². The molecule has 1 aromatic heterocycles. The summed E-state index contributed by atoms with van der Waals surface area (Å²) in [6.45, 7) is 4.49. The lowest BCUT2D eigenvalue weighted by Crippen LogP contribution is -2.42. The van der Waals surface area contributed by atoms with Gasteiger partial charge in [-0.2, -0.15) is 4.98 Å². The van der Waals surface area contributed by atoms with Gasteiger partial charge in [-0.25, -0.2) is 4.39 Å². The number of likely N-dealkylation sites (tertiary alicyclic amines) is 1. The Morgan fingerprint density at radius 1 is 1.23 bits per heavy atom. The van der Waals surface area contributed by atoms with Gasteiger partial charge in [0, 0.05) is 18.7 Å². The molecule has 1 aliphatic heterocycles. The summed E-state index contributed by atoms with van der Waals surface area (Å²) in [5, 5.41) is 7.08. The fraction of sp³-hybridized carbons (Fsp3) is 0.348. The SMILES string of the molecule is Cc1ccccc1-c1noc(CN2CCCC(C(=O)NCc3ccc(F)cc3)C2)n1. The summed E-state index contributed by atoms with van der Waals surface area (Å²) < 4.78 is 18.5. The van der Waals surface area contributed by atoms with Gasteiger partial charge < -0.3 is 9.84 Å². The number of hydrogen-bond donors (Lipinski definition) is 1. The van der Waals surface area contributed by atoms with E-state index in [0.717, 1.165) is 36.1 Å². The van der Waals surface area contributed by atoms with Crippen LogP contribution in [-0.4, -0.2) is 34.0 Å². The van der Waals surface area contributed by atoms with Crippen molar-refractivity contribution in [2.45, 2.75) is 32.9 Å². The molecule has 1 saturated heterocycles. The highest BCUT2D eigenvalue weighted by Gasteiger charge is 2.26. The molecule has 0 spiro atoms. The first-order chi connectivity index (χ1) is 14.6. The molecule has 0 aliphatic carbocycles. The Morgan fingerprint density at radius 3 is 2.83 bits per heavy atom. The second kappa shape index (κ2) is 9.17. The van der Waals surface area contributed by atoms with Gasteiger partial charge in [0.05, 0.1) is 12.5 Å². The third kappa shape index (κ3) is 4.91. The lowest BCUT2D eigenvalue weighted by molar-refractivity contribution is -0.127. The summed E-state index contributed by atoms with van der Waals surface area (Å²) in [5.41, 5.74) is 2.94. The van der Waals surface area contributed by atoms with Crippen molar-refractivity contribution in [2.75, 3.05) is 13.1 Å². The molecule has 0 radical (unpaired) electrons. The fourth-order valence-corrected chi connectivity index (χ4v) is 3.79. The molecule has 0 bridgehead atoms. The number of halogens is 1. The summed E-state index contributed by atoms with van der Waals surface area (Å²) in [7, 11) is 0. The van der Waals surface area contributed by atoms with Gasteiger partial charge in [0.2, 0.25) is 17.6 Å². The molecule has 4 rings (SSSR count). The van der Waals surface area contributed by atoms with Crippen molar-refractivity contribution in [3.05, 3.63) is 71.4 Å². The molecular formula is C23H25FN4O2. The van der Waals surface area contributed by atoms with Crippen LogP contribution in [0.3, 0.4) is 0 Å². The molecule has 2 aromatic carbocycles. The molecule has 1 fully saturated rings. The van der Waals surface area contributed by atoms with Gasteiger partial charge in [-0.05, 0) is 49.6 Å². The second-order valence-corrected chi connectivity index (χ2v) is 7.75. The fourth-order valence-electron chi connectivity index (χ4n) is 3.79. The van der Waals surface area contributed by atoms with Gasteiger partial charge in [0.25, 0.3) is 0 Å².